The quantitative estimate of drug-likeness (QED) is 0.0299. The Morgan fingerprint density at radius 3 is 1.48 bits per heavy atom. The van der Waals surface area contributed by atoms with Gasteiger partial charge in [-0.1, -0.05) is 115 Å². The van der Waals surface area contributed by atoms with Gasteiger partial charge in [-0.25, -0.2) is 0 Å². The molecule has 0 amide bonds. The maximum absolute atomic E-state index is 12.5. The first kappa shape index (κ1) is 44.2. The van der Waals surface area contributed by atoms with E-state index in [1.54, 1.807) is 0 Å². The van der Waals surface area contributed by atoms with Gasteiger partial charge in [-0.2, -0.15) is 0 Å². The molecule has 0 aromatic rings. The van der Waals surface area contributed by atoms with Crippen molar-refractivity contribution in [2.45, 2.75) is 187 Å². The van der Waals surface area contributed by atoms with E-state index in [2.05, 4.69) is 79.6 Å². The molecule has 0 spiro atoms. The van der Waals surface area contributed by atoms with E-state index in [9.17, 15) is 4.79 Å². The van der Waals surface area contributed by atoms with Crippen molar-refractivity contribution in [3.63, 3.8) is 0 Å². The Labute approximate surface area is 287 Å². The molecule has 0 radical (unpaired) electrons. The number of ether oxygens (including phenoxy) is 1. The third-order valence-corrected chi connectivity index (χ3v) is 8.46. The fraction of sp³-hybridized carbons (Fsp3) is 0.829. The molecular formula is C41H77N3O2. The number of aliphatic imine (C=N–C) groups is 2. The van der Waals surface area contributed by atoms with Gasteiger partial charge in [-0.3, -0.25) is 14.8 Å². The van der Waals surface area contributed by atoms with Gasteiger partial charge >= 0.3 is 5.97 Å². The lowest BCUT2D eigenvalue weighted by molar-refractivity contribution is -0.150. The highest BCUT2D eigenvalue weighted by Gasteiger charge is 2.14. The Morgan fingerprint density at radius 1 is 0.565 bits per heavy atom. The summed E-state index contributed by atoms with van der Waals surface area (Å²) in [5.41, 5.74) is 0. The monoisotopic (exact) mass is 644 g/mol. The molecule has 268 valence electrons. The number of nitrogens with zero attached hydrogens (tertiary/aromatic N) is 3. The van der Waals surface area contributed by atoms with Crippen LogP contribution in [-0.2, 0) is 9.53 Å². The number of allylic oxidation sites excluding steroid dienone is 2. The average molecular weight is 644 g/mol. The van der Waals surface area contributed by atoms with E-state index in [1.807, 2.05) is 0 Å². The predicted octanol–water partition coefficient (Wildman–Crippen LogP) is 11.9. The number of rotatable bonds is 35. The molecule has 0 atom stereocenters. The molecule has 0 aliphatic rings. The predicted molar refractivity (Wildman–Crippen MR) is 205 cm³/mol. The SMILES string of the molecule is CCCCCC/C=C\C/N=C/CCCCCCCC(CCCCCCC/C=N/C/C=C\CCCCCC)OC(=O)CCCN(C)C. The van der Waals surface area contributed by atoms with E-state index < -0.39 is 0 Å². The molecular weight excluding hydrogens is 566 g/mol. The number of carbonyl (C=O) groups is 1. The van der Waals surface area contributed by atoms with Crippen LogP contribution in [0.25, 0.3) is 0 Å². The highest BCUT2D eigenvalue weighted by Crippen LogP contribution is 2.18. The summed E-state index contributed by atoms with van der Waals surface area (Å²) >= 11 is 0. The van der Waals surface area contributed by atoms with Crippen LogP contribution >= 0.6 is 0 Å². The second-order valence-corrected chi connectivity index (χ2v) is 13.4. The largest absolute Gasteiger partial charge is 0.462 e. The molecule has 0 aromatic carbocycles. The van der Waals surface area contributed by atoms with E-state index in [1.165, 1.54) is 116 Å². The Morgan fingerprint density at radius 2 is 1.00 bits per heavy atom. The Kier molecular flexibility index (Phi) is 36.3. The number of unbranched alkanes of at least 4 members (excludes halogenated alkanes) is 18. The minimum absolute atomic E-state index is 0.0110. The van der Waals surface area contributed by atoms with E-state index in [-0.39, 0.29) is 12.1 Å². The molecule has 5 heteroatoms. The van der Waals surface area contributed by atoms with Gasteiger partial charge in [-0.05, 0) is 117 Å². The van der Waals surface area contributed by atoms with Crippen LogP contribution in [0.2, 0.25) is 0 Å². The number of hydrogen-bond acceptors (Lipinski definition) is 5. The van der Waals surface area contributed by atoms with Gasteiger partial charge in [0.25, 0.3) is 0 Å². The smallest absolute Gasteiger partial charge is 0.306 e. The summed E-state index contributed by atoms with van der Waals surface area (Å²) in [5, 5.41) is 0. The van der Waals surface area contributed by atoms with Gasteiger partial charge in [0.15, 0.2) is 0 Å². The van der Waals surface area contributed by atoms with Crippen molar-refractivity contribution >= 4 is 18.4 Å². The van der Waals surface area contributed by atoms with Crippen molar-refractivity contribution < 1.29 is 9.53 Å². The highest BCUT2D eigenvalue weighted by molar-refractivity contribution is 5.69. The molecule has 0 heterocycles. The summed E-state index contributed by atoms with van der Waals surface area (Å²) in [4.78, 5) is 23.7. The number of carbonyl (C=O) groups excluding carboxylic acids is 1. The Hall–Kier alpha value is -1.75. The van der Waals surface area contributed by atoms with Crippen LogP contribution in [0.15, 0.2) is 34.3 Å². The Balaban J connectivity index is 4.04. The van der Waals surface area contributed by atoms with Crippen LogP contribution < -0.4 is 0 Å². The molecule has 0 unspecified atom stereocenters. The summed E-state index contributed by atoms with van der Waals surface area (Å²) in [7, 11) is 4.11. The maximum Gasteiger partial charge on any atom is 0.306 e. The molecule has 0 aliphatic carbocycles. The summed E-state index contributed by atoms with van der Waals surface area (Å²) in [5.74, 6) is -0.0110. The van der Waals surface area contributed by atoms with E-state index in [0.29, 0.717) is 6.42 Å². The lowest BCUT2D eigenvalue weighted by atomic mass is 10.0. The fourth-order valence-corrected chi connectivity index (χ4v) is 5.54. The van der Waals surface area contributed by atoms with Crippen LogP contribution in [0.5, 0.6) is 0 Å². The maximum atomic E-state index is 12.5. The highest BCUT2D eigenvalue weighted by atomic mass is 16.5. The molecule has 0 saturated carbocycles. The van der Waals surface area contributed by atoms with Crippen LogP contribution in [0.4, 0.5) is 0 Å². The fourth-order valence-electron chi connectivity index (χ4n) is 5.54. The van der Waals surface area contributed by atoms with Crippen LogP contribution in [0.1, 0.15) is 181 Å². The van der Waals surface area contributed by atoms with Crippen LogP contribution in [0, 0.1) is 0 Å². The van der Waals surface area contributed by atoms with Gasteiger partial charge in [0, 0.05) is 6.42 Å². The zero-order valence-electron chi connectivity index (χ0n) is 31.2. The normalized spacial score (nSPS) is 12.4. The molecule has 0 saturated heterocycles. The van der Waals surface area contributed by atoms with Crippen LogP contribution in [0.3, 0.4) is 0 Å². The third kappa shape index (κ3) is 36.7. The van der Waals surface area contributed by atoms with Gasteiger partial charge in [0.1, 0.15) is 6.10 Å². The zero-order valence-corrected chi connectivity index (χ0v) is 31.2. The molecule has 0 N–H and O–H groups in total. The molecule has 5 nitrogen and oxygen atoms in total. The van der Waals surface area contributed by atoms with Gasteiger partial charge < -0.3 is 9.64 Å². The van der Waals surface area contributed by atoms with Gasteiger partial charge in [0.05, 0.1) is 13.1 Å². The van der Waals surface area contributed by atoms with E-state index in [0.717, 1.165) is 64.6 Å². The van der Waals surface area contributed by atoms with Crippen molar-refractivity contribution in [1.29, 1.82) is 0 Å². The molecule has 0 fully saturated rings. The molecule has 0 rings (SSSR count). The standard InChI is InChI=1S/C41H77N3O2/c1-5-7-9-11-15-21-27-35-42-37-29-23-17-13-19-25-32-40(46-41(45)34-31-39-44(3)4)33-26-20-14-18-24-30-38-43-36-28-22-16-12-10-8-6-2/h21-22,27-28,37-38,40H,5-20,23-26,29-36,39H2,1-4H3/b27-21-,28-22-,42-37+,43-38+. The van der Waals surface area contributed by atoms with Crippen molar-refractivity contribution in [3.8, 4) is 0 Å². The zero-order chi connectivity index (χ0) is 33.6. The number of hydrogen-bond donors (Lipinski definition) is 0. The second kappa shape index (κ2) is 37.7. The van der Waals surface area contributed by atoms with Crippen molar-refractivity contribution in [2.24, 2.45) is 9.98 Å². The first-order chi connectivity index (χ1) is 22.6. The van der Waals surface area contributed by atoms with Crippen molar-refractivity contribution in [2.75, 3.05) is 33.7 Å². The molecule has 0 aliphatic heterocycles. The van der Waals surface area contributed by atoms with Gasteiger partial charge in [-0.15, -0.1) is 0 Å². The molecule has 46 heavy (non-hydrogen) atoms. The van der Waals surface area contributed by atoms with E-state index in [4.69, 9.17) is 4.74 Å². The molecule has 0 bridgehead atoms. The Bertz CT molecular complexity index is 696. The van der Waals surface area contributed by atoms with Crippen LogP contribution in [-0.4, -0.2) is 63.1 Å². The van der Waals surface area contributed by atoms with Crippen molar-refractivity contribution in [3.05, 3.63) is 24.3 Å². The summed E-state index contributed by atoms with van der Waals surface area (Å²) in [6, 6.07) is 0. The summed E-state index contributed by atoms with van der Waals surface area (Å²) in [6.45, 7) is 7.10. The van der Waals surface area contributed by atoms with Crippen molar-refractivity contribution in [1.82, 2.24) is 4.90 Å². The van der Waals surface area contributed by atoms with Gasteiger partial charge in [0.2, 0.25) is 0 Å². The number of esters is 1. The minimum atomic E-state index is -0.0110. The second-order valence-electron chi connectivity index (χ2n) is 13.4. The molecule has 0 aromatic heterocycles. The minimum Gasteiger partial charge on any atom is -0.462 e. The summed E-state index contributed by atoms with van der Waals surface area (Å²) in [6.07, 6.45) is 44.1. The lowest BCUT2D eigenvalue weighted by Gasteiger charge is -2.18. The average Bonchev–Trinajstić information content (AvgIpc) is 3.04. The van der Waals surface area contributed by atoms with E-state index >= 15 is 0 Å². The topological polar surface area (TPSA) is 54.3 Å². The first-order valence-corrected chi connectivity index (χ1v) is 19.7. The third-order valence-electron chi connectivity index (χ3n) is 8.46. The first-order valence-electron chi connectivity index (χ1n) is 19.7. The lowest BCUT2D eigenvalue weighted by Crippen LogP contribution is -2.20. The summed E-state index contributed by atoms with van der Waals surface area (Å²) < 4.78 is 5.98.